The minimum atomic E-state index is -0.181. The molecule has 2 atom stereocenters. The van der Waals surface area contributed by atoms with Crippen LogP contribution in [0.3, 0.4) is 0 Å². The van der Waals surface area contributed by atoms with Crippen LogP contribution in [0.1, 0.15) is 50.9 Å². The fraction of sp³-hybridized carbons (Fsp3) is 0.520. The van der Waals surface area contributed by atoms with Crippen LogP contribution in [0, 0.1) is 5.92 Å². The van der Waals surface area contributed by atoms with Crippen molar-refractivity contribution in [3.05, 3.63) is 47.7 Å². The maximum Gasteiger partial charge on any atom is 0.254 e. The number of amides is 1. The maximum absolute atomic E-state index is 12.9. The Morgan fingerprint density at radius 2 is 1.91 bits per heavy atom. The Bertz CT molecular complexity index is 915. The third-order valence-corrected chi connectivity index (χ3v) is 5.63. The van der Waals surface area contributed by atoms with Gasteiger partial charge in [-0.05, 0) is 58.4 Å². The fourth-order valence-electron chi connectivity index (χ4n) is 4.04. The summed E-state index contributed by atoms with van der Waals surface area (Å²) in [5, 5.41) is 3.86. The highest BCUT2D eigenvalue weighted by Gasteiger charge is 2.31. The van der Waals surface area contributed by atoms with Gasteiger partial charge in [0.25, 0.3) is 5.91 Å². The largest absolute Gasteiger partial charge is 0.494 e. The lowest BCUT2D eigenvalue weighted by atomic mass is 9.99. The third kappa shape index (κ3) is 6.00. The van der Waals surface area contributed by atoms with E-state index in [4.69, 9.17) is 24.8 Å². The molecule has 0 aromatic heterocycles. The number of carbonyl (C=O) groups excluding carboxylic acids is 1. The zero-order chi connectivity index (χ0) is 24.0. The van der Waals surface area contributed by atoms with Crippen LogP contribution in [-0.2, 0) is 9.57 Å². The summed E-state index contributed by atoms with van der Waals surface area (Å²) in [6.07, 6.45) is 7.14. The van der Waals surface area contributed by atoms with Crippen molar-refractivity contribution in [1.29, 1.82) is 0 Å². The predicted molar refractivity (Wildman–Crippen MR) is 127 cm³/mol. The van der Waals surface area contributed by atoms with Gasteiger partial charge in [-0.15, -0.1) is 0 Å². The van der Waals surface area contributed by atoms with E-state index in [-0.39, 0.29) is 30.0 Å². The lowest BCUT2D eigenvalue weighted by molar-refractivity contribution is 0.0643. The molecule has 3 rings (SSSR count). The highest BCUT2D eigenvalue weighted by atomic mass is 16.6. The molecule has 180 valence electrons. The van der Waals surface area contributed by atoms with Crippen LogP contribution in [-0.4, -0.2) is 55.2 Å². The zero-order valence-electron chi connectivity index (χ0n) is 20.1. The average molecular weight is 458 g/mol. The van der Waals surface area contributed by atoms with E-state index in [2.05, 4.69) is 5.16 Å². The second-order valence-electron chi connectivity index (χ2n) is 8.72. The summed E-state index contributed by atoms with van der Waals surface area (Å²) in [4.78, 5) is 20.2. The van der Waals surface area contributed by atoms with Crippen LogP contribution < -0.4 is 15.2 Å². The van der Waals surface area contributed by atoms with Gasteiger partial charge in [-0.2, -0.15) is 0 Å². The number of fused-ring (bicyclic) bond motifs is 1. The Labute approximate surface area is 196 Å². The van der Waals surface area contributed by atoms with Gasteiger partial charge < -0.3 is 29.7 Å². The number of allylic oxidation sites excluding steroid dienone is 2. The number of hydrogen-bond donors (Lipinski definition) is 1. The minimum Gasteiger partial charge on any atom is -0.494 e. The highest BCUT2D eigenvalue weighted by Crippen LogP contribution is 2.29. The number of hydrogen-bond acceptors (Lipinski definition) is 7. The van der Waals surface area contributed by atoms with Crippen LogP contribution in [0.25, 0.3) is 0 Å². The van der Waals surface area contributed by atoms with Crippen molar-refractivity contribution in [3.63, 3.8) is 0 Å². The van der Waals surface area contributed by atoms with Gasteiger partial charge in [-0.3, -0.25) is 4.79 Å². The first-order valence-electron chi connectivity index (χ1n) is 11.5. The van der Waals surface area contributed by atoms with E-state index in [1.165, 1.54) is 0 Å². The highest BCUT2D eigenvalue weighted by molar-refractivity contribution is 5.95. The molecule has 1 aliphatic heterocycles. The van der Waals surface area contributed by atoms with Crippen molar-refractivity contribution >= 4 is 11.7 Å². The molecular formula is C25H35N3O5. The summed E-state index contributed by atoms with van der Waals surface area (Å²) >= 11 is 0. The van der Waals surface area contributed by atoms with Gasteiger partial charge in [0, 0.05) is 30.1 Å². The summed E-state index contributed by atoms with van der Waals surface area (Å²) < 4.78 is 17.2. The minimum absolute atomic E-state index is 0.0244. The molecule has 0 saturated heterocycles. The molecule has 2 N–H and O–H groups in total. The summed E-state index contributed by atoms with van der Waals surface area (Å²) in [7, 11) is 1.57. The number of benzene rings is 1. The summed E-state index contributed by atoms with van der Waals surface area (Å²) in [6, 6.07) is 5.51. The standard InChI is InChI=1S/C25H35N3O5/c1-16(2)28(17(3)4)25(29)18-10-11-21(23(14-18)30-5)32-13-7-12-31-19-8-6-9-20-22(15-19)33-27-24(20)26/h6,8,10-11,14-17,20,22H,7,9,12-13H2,1-5H3,(H2,26,27). The summed E-state index contributed by atoms with van der Waals surface area (Å²) in [6.45, 7) is 8.98. The summed E-state index contributed by atoms with van der Waals surface area (Å²) in [5.41, 5.74) is 6.44. The van der Waals surface area contributed by atoms with E-state index in [0.717, 1.165) is 12.2 Å². The molecule has 2 aliphatic rings. The van der Waals surface area contributed by atoms with Gasteiger partial charge in [0.05, 0.1) is 26.2 Å². The molecule has 2 unspecified atom stereocenters. The van der Waals surface area contributed by atoms with Crippen molar-refractivity contribution in [1.82, 2.24) is 4.90 Å². The number of nitrogens with two attached hydrogens (primary N) is 1. The molecule has 33 heavy (non-hydrogen) atoms. The van der Waals surface area contributed by atoms with Crippen molar-refractivity contribution in [3.8, 4) is 11.5 Å². The van der Waals surface area contributed by atoms with Crippen LogP contribution >= 0.6 is 0 Å². The second kappa shape index (κ2) is 11.1. The Kier molecular flexibility index (Phi) is 8.25. The number of nitrogens with zero attached hydrogens (tertiary/aromatic N) is 2. The number of carbonyl (C=O) groups is 1. The Morgan fingerprint density at radius 3 is 2.61 bits per heavy atom. The van der Waals surface area contributed by atoms with E-state index in [0.29, 0.717) is 42.5 Å². The quantitative estimate of drug-likeness (QED) is 0.536. The number of methoxy groups -OCH3 is 1. The Hall–Kier alpha value is -3.16. The molecule has 0 fully saturated rings. The first kappa shape index (κ1) is 24.5. The molecular weight excluding hydrogens is 422 g/mol. The van der Waals surface area contributed by atoms with Crippen molar-refractivity contribution in [2.45, 2.75) is 58.7 Å². The molecule has 0 bridgehead atoms. The Balaban J connectivity index is 1.51. The molecule has 8 heteroatoms. The SMILES string of the molecule is COc1cc(C(=O)N(C(C)C)C(C)C)ccc1OCCCOC1=CC2ON=C(N)C2CC=C1. The number of ether oxygens (including phenoxy) is 3. The van der Waals surface area contributed by atoms with Gasteiger partial charge in [0.15, 0.2) is 17.6 Å². The van der Waals surface area contributed by atoms with Crippen LogP contribution in [0.4, 0.5) is 0 Å². The third-order valence-electron chi connectivity index (χ3n) is 5.63. The molecule has 1 aromatic carbocycles. The van der Waals surface area contributed by atoms with E-state index < -0.39 is 0 Å². The first-order chi connectivity index (χ1) is 15.8. The topological polar surface area (TPSA) is 95.6 Å². The fourth-order valence-corrected chi connectivity index (χ4v) is 4.04. The predicted octanol–water partition coefficient (Wildman–Crippen LogP) is 3.87. The van der Waals surface area contributed by atoms with Crippen LogP contribution in [0.5, 0.6) is 11.5 Å². The van der Waals surface area contributed by atoms with Crippen molar-refractivity contribution in [2.24, 2.45) is 16.8 Å². The lowest BCUT2D eigenvalue weighted by Gasteiger charge is -2.31. The number of oxime groups is 1. The summed E-state index contributed by atoms with van der Waals surface area (Å²) in [5.74, 6) is 2.44. The van der Waals surface area contributed by atoms with Crippen LogP contribution in [0.2, 0.25) is 0 Å². The first-order valence-corrected chi connectivity index (χ1v) is 11.5. The number of rotatable bonds is 10. The van der Waals surface area contributed by atoms with Gasteiger partial charge in [-0.1, -0.05) is 11.2 Å². The molecule has 8 nitrogen and oxygen atoms in total. The van der Waals surface area contributed by atoms with E-state index >= 15 is 0 Å². The van der Waals surface area contributed by atoms with Gasteiger partial charge in [0.2, 0.25) is 0 Å². The van der Waals surface area contributed by atoms with Crippen molar-refractivity contribution in [2.75, 3.05) is 20.3 Å². The van der Waals surface area contributed by atoms with Gasteiger partial charge in [0.1, 0.15) is 11.6 Å². The monoisotopic (exact) mass is 457 g/mol. The van der Waals surface area contributed by atoms with Gasteiger partial charge in [-0.25, -0.2) is 0 Å². The molecule has 1 aromatic rings. The maximum atomic E-state index is 12.9. The molecule has 1 heterocycles. The Morgan fingerprint density at radius 1 is 1.18 bits per heavy atom. The molecule has 0 spiro atoms. The molecule has 1 amide bonds. The van der Waals surface area contributed by atoms with Crippen LogP contribution in [0.15, 0.2) is 47.3 Å². The second-order valence-corrected chi connectivity index (χ2v) is 8.72. The molecule has 0 saturated carbocycles. The molecule has 0 radical (unpaired) electrons. The van der Waals surface area contributed by atoms with E-state index in [9.17, 15) is 4.79 Å². The smallest absolute Gasteiger partial charge is 0.254 e. The van der Waals surface area contributed by atoms with E-state index in [1.54, 1.807) is 25.3 Å². The normalized spacial score (nSPS) is 19.4. The zero-order valence-corrected chi connectivity index (χ0v) is 20.1. The number of amidine groups is 1. The van der Waals surface area contributed by atoms with E-state index in [1.807, 2.05) is 50.8 Å². The lowest BCUT2D eigenvalue weighted by Crippen LogP contribution is -2.42. The average Bonchev–Trinajstić information content (AvgIpc) is 2.99. The van der Waals surface area contributed by atoms with Gasteiger partial charge >= 0.3 is 0 Å². The molecule has 1 aliphatic carbocycles. The van der Waals surface area contributed by atoms with Crippen molar-refractivity contribution < 1.29 is 23.8 Å².